The van der Waals surface area contributed by atoms with Gasteiger partial charge in [-0.2, -0.15) is 0 Å². The molecular formula is C20H23NO. The number of hydrogen-bond acceptors (Lipinski definition) is 2. The summed E-state index contributed by atoms with van der Waals surface area (Å²) in [6, 6.07) is 18.1. The van der Waals surface area contributed by atoms with Gasteiger partial charge in [-0.05, 0) is 54.5 Å². The molecule has 0 radical (unpaired) electrons. The summed E-state index contributed by atoms with van der Waals surface area (Å²) in [6.45, 7) is 2.30. The first-order chi connectivity index (χ1) is 10.8. The van der Waals surface area contributed by atoms with Crippen LogP contribution in [-0.4, -0.2) is 24.6 Å². The Hall–Kier alpha value is -1.80. The molecule has 1 aliphatic heterocycles. The average Bonchev–Trinajstić information content (AvgIpc) is 2.95. The number of hydrogen-bond donors (Lipinski definition) is 0. The van der Waals surface area contributed by atoms with Gasteiger partial charge in [0.2, 0.25) is 0 Å². The van der Waals surface area contributed by atoms with Crippen molar-refractivity contribution in [3.8, 4) is 5.75 Å². The third-order valence-corrected chi connectivity index (χ3v) is 5.37. The Morgan fingerprint density at radius 1 is 1.05 bits per heavy atom. The minimum absolute atomic E-state index is 0.670. The smallest absolute Gasteiger partial charge is 0.122 e. The Kier molecular flexibility index (Phi) is 3.63. The van der Waals surface area contributed by atoms with Crippen molar-refractivity contribution in [2.24, 2.45) is 5.92 Å². The summed E-state index contributed by atoms with van der Waals surface area (Å²) in [4.78, 5) is 2.68. The zero-order valence-corrected chi connectivity index (χ0v) is 13.2. The summed E-state index contributed by atoms with van der Waals surface area (Å²) < 4.78 is 5.60. The predicted molar refractivity (Wildman–Crippen MR) is 89.1 cm³/mol. The molecule has 0 bridgehead atoms. The normalized spacial score (nSPS) is 23.9. The molecule has 0 amide bonds. The number of ether oxygens (including phenoxy) is 1. The molecule has 4 rings (SSSR count). The fraction of sp³-hybridized carbons (Fsp3) is 0.400. The fourth-order valence-electron chi connectivity index (χ4n) is 4.25. The molecule has 1 fully saturated rings. The van der Waals surface area contributed by atoms with Gasteiger partial charge in [-0.25, -0.2) is 0 Å². The average molecular weight is 293 g/mol. The van der Waals surface area contributed by atoms with Crippen LogP contribution in [0.15, 0.2) is 48.5 Å². The van der Waals surface area contributed by atoms with Crippen LogP contribution in [0, 0.1) is 5.92 Å². The van der Waals surface area contributed by atoms with E-state index in [4.69, 9.17) is 4.74 Å². The van der Waals surface area contributed by atoms with Gasteiger partial charge in [0, 0.05) is 12.6 Å². The molecule has 2 nitrogen and oxygen atoms in total. The first kappa shape index (κ1) is 13.8. The third kappa shape index (κ3) is 2.42. The van der Waals surface area contributed by atoms with Gasteiger partial charge in [-0.3, -0.25) is 4.90 Å². The molecule has 1 unspecified atom stereocenters. The summed E-state index contributed by atoms with van der Waals surface area (Å²) in [6.07, 6.45) is 3.67. The van der Waals surface area contributed by atoms with E-state index in [1.807, 2.05) is 0 Å². The topological polar surface area (TPSA) is 12.5 Å². The van der Waals surface area contributed by atoms with E-state index < -0.39 is 0 Å². The van der Waals surface area contributed by atoms with E-state index in [-0.39, 0.29) is 0 Å². The Bertz CT molecular complexity index is 652. The first-order valence-corrected chi connectivity index (χ1v) is 8.28. The summed E-state index contributed by atoms with van der Waals surface area (Å²) in [5, 5.41) is 0. The summed E-state index contributed by atoms with van der Waals surface area (Å²) in [5.74, 6) is 1.88. The molecule has 2 aromatic carbocycles. The van der Waals surface area contributed by atoms with Crippen LogP contribution >= 0.6 is 0 Å². The van der Waals surface area contributed by atoms with Crippen molar-refractivity contribution >= 4 is 0 Å². The van der Waals surface area contributed by atoms with Gasteiger partial charge in [0.25, 0.3) is 0 Å². The SMILES string of the molecule is COc1cccc2c1CC1[C@@H](CCN1Cc1ccccc1)C2. The maximum Gasteiger partial charge on any atom is 0.122 e. The Morgan fingerprint density at radius 3 is 2.73 bits per heavy atom. The van der Waals surface area contributed by atoms with Gasteiger partial charge in [0.15, 0.2) is 0 Å². The lowest BCUT2D eigenvalue weighted by Crippen LogP contribution is -2.37. The lowest BCUT2D eigenvalue weighted by Gasteiger charge is -2.34. The molecule has 1 aliphatic carbocycles. The second-order valence-corrected chi connectivity index (χ2v) is 6.58. The van der Waals surface area contributed by atoms with Crippen molar-refractivity contribution < 1.29 is 4.74 Å². The lowest BCUT2D eigenvalue weighted by atomic mass is 9.80. The van der Waals surface area contributed by atoms with Gasteiger partial charge in [0.1, 0.15) is 5.75 Å². The summed E-state index contributed by atoms with van der Waals surface area (Å²) in [7, 11) is 1.79. The Balaban J connectivity index is 1.58. The second kappa shape index (κ2) is 5.77. The van der Waals surface area contributed by atoms with Crippen LogP contribution in [0.4, 0.5) is 0 Å². The molecule has 114 valence electrons. The van der Waals surface area contributed by atoms with Crippen molar-refractivity contribution in [2.45, 2.75) is 31.8 Å². The number of benzene rings is 2. The fourth-order valence-corrected chi connectivity index (χ4v) is 4.25. The highest BCUT2D eigenvalue weighted by atomic mass is 16.5. The number of methoxy groups -OCH3 is 1. The van der Waals surface area contributed by atoms with Gasteiger partial charge < -0.3 is 4.74 Å². The van der Waals surface area contributed by atoms with Crippen LogP contribution in [0.1, 0.15) is 23.1 Å². The minimum atomic E-state index is 0.670. The van der Waals surface area contributed by atoms with Crippen molar-refractivity contribution in [3.63, 3.8) is 0 Å². The molecule has 0 N–H and O–H groups in total. The van der Waals surface area contributed by atoms with E-state index in [0.29, 0.717) is 6.04 Å². The quantitative estimate of drug-likeness (QED) is 0.856. The van der Waals surface area contributed by atoms with E-state index in [1.165, 1.54) is 36.1 Å². The highest BCUT2D eigenvalue weighted by Gasteiger charge is 2.38. The van der Waals surface area contributed by atoms with Crippen molar-refractivity contribution in [3.05, 3.63) is 65.2 Å². The Morgan fingerprint density at radius 2 is 1.91 bits per heavy atom. The van der Waals surface area contributed by atoms with Crippen LogP contribution in [-0.2, 0) is 19.4 Å². The molecule has 2 atom stereocenters. The number of rotatable bonds is 3. The monoisotopic (exact) mass is 293 g/mol. The maximum absolute atomic E-state index is 5.60. The molecule has 0 saturated carbocycles. The highest BCUT2D eigenvalue weighted by Crippen LogP contribution is 2.39. The van der Waals surface area contributed by atoms with E-state index in [2.05, 4.69) is 53.4 Å². The highest BCUT2D eigenvalue weighted by molar-refractivity contribution is 5.43. The molecule has 22 heavy (non-hydrogen) atoms. The molecule has 2 heteroatoms. The van der Waals surface area contributed by atoms with Crippen molar-refractivity contribution in [1.29, 1.82) is 0 Å². The number of likely N-dealkylation sites (tertiary alicyclic amines) is 1. The molecule has 2 aromatic rings. The van der Waals surface area contributed by atoms with Crippen molar-refractivity contribution in [1.82, 2.24) is 4.90 Å². The molecule has 0 aromatic heterocycles. The minimum Gasteiger partial charge on any atom is -0.496 e. The maximum atomic E-state index is 5.60. The van der Waals surface area contributed by atoms with Crippen LogP contribution in [0.25, 0.3) is 0 Å². The van der Waals surface area contributed by atoms with Gasteiger partial charge in [-0.1, -0.05) is 42.5 Å². The molecule has 1 heterocycles. The summed E-state index contributed by atoms with van der Waals surface area (Å²) in [5.41, 5.74) is 4.36. The largest absolute Gasteiger partial charge is 0.496 e. The predicted octanol–water partition coefficient (Wildman–Crippen LogP) is 3.68. The number of nitrogens with zero attached hydrogens (tertiary/aromatic N) is 1. The van der Waals surface area contributed by atoms with Crippen LogP contribution in [0.2, 0.25) is 0 Å². The standard InChI is InChI=1S/C20H23NO/c1-22-20-9-5-8-16-12-17-10-11-21(19(17)13-18(16)20)14-15-6-3-2-4-7-15/h2-9,17,19H,10-14H2,1H3/t17-,19?/m0/s1. The van der Waals surface area contributed by atoms with E-state index >= 15 is 0 Å². The van der Waals surface area contributed by atoms with Crippen LogP contribution < -0.4 is 4.74 Å². The molecule has 0 spiro atoms. The van der Waals surface area contributed by atoms with E-state index in [0.717, 1.165) is 24.6 Å². The van der Waals surface area contributed by atoms with Gasteiger partial charge in [0.05, 0.1) is 7.11 Å². The van der Waals surface area contributed by atoms with Gasteiger partial charge >= 0.3 is 0 Å². The van der Waals surface area contributed by atoms with E-state index in [9.17, 15) is 0 Å². The zero-order valence-electron chi connectivity index (χ0n) is 13.2. The van der Waals surface area contributed by atoms with E-state index in [1.54, 1.807) is 7.11 Å². The third-order valence-electron chi connectivity index (χ3n) is 5.37. The number of fused-ring (bicyclic) bond motifs is 2. The zero-order chi connectivity index (χ0) is 14.9. The first-order valence-electron chi connectivity index (χ1n) is 8.28. The van der Waals surface area contributed by atoms with Crippen molar-refractivity contribution in [2.75, 3.05) is 13.7 Å². The van der Waals surface area contributed by atoms with Crippen LogP contribution in [0.5, 0.6) is 5.75 Å². The molecule has 2 aliphatic rings. The molecular weight excluding hydrogens is 270 g/mol. The Labute approximate surface area is 132 Å². The summed E-state index contributed by atoms with van der Waals surface area (Å²) >= 11 is 0. The van der Waals surface area contributed by atoms with Crippen LogP contribution in [0.3, 0.4) is 0 Å². The molecule has 1 saturated heterocycles. The van der Waals surface area contributed by atoms with Gasteiger partial charge in [-0.15, -0.1) is 0 Å². The second-order valence-electron chi connectivity index (χ2n) is 6.58. The lowest BCUT2D eigenvalue weighted by molar-refractivity contribution is 0.206.